The van der Waals surface area contributed by atoms with Gasteiger partial charge in [0.05, 0.1) is 5.39 Å². The lowest BCUT2D eigenvalue weighted by molar-refractivity contribution is -0.129. The molecule has 5 nitrogen and oxygen atoms in total. The topological polar surface area (TPSA) is 49.3 Å². The van der Waals surface area contributed by atoms with Gasteiger partial charge in [0.15, 0.2) is 0 Å². The van der Waals surface area contributed by atoms with Crippen LogP contribution in [0.4, 0.5) is 5.82 Å². The SMILES string of the molecule is CCc1nc(N2CCN(C(C)=O)CC2)c2c3c(sc2n1)C[C@@H](C(C)(C)C)CC3. The number of aromatic nitrogens is 2. The van der Waals surface area contributed by atoms with Gasteiger partial charge in [-0.15, -0.1) is 11.3 Å². The van der Waals surface area contributed by atoms with Crippen LogP contribution in [0.5, 0.6) is 0 Å². The number of piperazine rings is 1. The van der Waals surface area contributed by atoms with Crippen LogP contribution in [0.3, 0.4) is 0 Å². The van der Waals surface area contributed by atoms with E-state index in [0.717, 1.165) is 61.4 Å². The third-order valence-electron chi connectivity index (χ3n) is 6.50. The van der Waals surface area contributed by atoms with Gasteiger partial charge in [-0.1, -0.05) is 27.7 Å². The summed E-state index contributed by atoms with van der Waals surface area (Å²) in [5.74, 6) is 2.94. The summed E-state index contributed by atoms with van der Waals surface area (Å²) in [6.45, 7) is 14.1. The van der Waals surface area contributed by atoms with Gasteiger partial charge < -0.3 is 9.80 Å². The van der Waals surface area contributed by atoms with Gasteiger partial charge in [-0.25, -0.2) is 9.97 Å². The Morgan fingerprint density at radius 3 is 2.50 bits per heavy atom. The summed E-state index contributed by atoms with van der Waals surface area (Å²) in [7, 11) is 0. The molecule has 0 bridgehead atoms. The molecule has 3 heterocycles. The number of nitrogens with zero attached hydrogens (tertiary/aromatic N) is 4. The van der Waals surface area contributed by atoms with Crippen LogP contribution in [0.25, 0.3) is 10.2 Å². The van der Waals surface area contributed by atoms with Gasteiger partial charge in [-0.05, 0) is 36.2 Å². The molecule has 0 radical (unpaired) electrons. The highest BCUT2D eigenvalue weighted by Gasteiger charge is 2.33. The molecule has 4 rings (SSSR count). The van der Waals surface area contributed by atoms with Gasteiger partial charge >= 0.3 is 0 Å². The summed E-state index contributed by atoms with van der Waals surface area (Å²) in [4.78, 5) is 28.6. The molecule has 1 saturated heterocycles. The Morgan fingerprint density at radius 2 is 1.89 bits per heavy atom. The molecule has 0 aromatic carbocycles. The number of fused-ring (bicyclic) bond motifs is 3. The molecule has 152 valence electrons. The molecule has 1 fully saturated rings. The van der Waals surface area contributed by atoms with E-state index in [-0.39, 0.29) is 5.91 Å². The number of carbonyl (C=O) groups is 1. The van der Waals surface area contributed by atoms with Crippen molar-refractivity contribution in [3.8, 4) is 0 Å². The van der Waals surface area contributed by atoms with Crippen LogP contribution in [-0.2, 0) is 24.1 Å². The van der Waals surface area contributed by atoms with E-state index in [1.54, 1.807) is 6.92 Å². The van der Waals surface area contributed by atoms with Crippen molar-refractivity contribution in [1.29, 1.82) is 0 Å². The van der Waals surface area contributed by atoms with Crippen LogP contribution in [0.2, 0.25) is 0 Å². The van der Waals surface area contributed by atoms with Gasteiger partial charge in [0.2, 0.25) is 5.91 Å². The van der Waals surface area contributed by atoms with Gasteiger partial charge in [0.25, 0.3) is 0 Å². The molecule has 2 aromatic heterocycles. The van der Waals surface area contributed by atoms with E-state index in [1.807, 2.05) is 16.2 Å². The monoisotopic (exact) mass is 400 g/mol. The molecular weight excluding hydrogens is 368 g/mol. The van der Waals surface area contributed by atoms with Crippen molar-refractivity contribution >= 4 is 33.3 Å². The summed E-state index contributed by atoms with van der Waals surface area (Å²) in [6.07, 6.45) is 4.39. The third kappa shape index (κ3) is 3.51. The Balaban J connectivity index is 1.73. The highest BCUT2D eigenvalue weighted by Crippen LogP contribution is 2.45. The first kappa shape index (κ1) is 19.6. The minimum Gasteiger partial charge on any atom is -0.352 e. The van der Waals surface area contributed by atoms with E-state index >= 15 is 0 Å². The molecule has 2 aromatic rings. The maximum absolute atomic E-state index is 11.7. The molecule has 1 amide bonds. The number of amides is 1. The minimum absolute atomic E-state index is 0.169. The molecule has 0 N–H and O–H groups in total. The van der Waals surface area contributed by atoms with Crippen molar-refractivity contribution in [3.63, 3.8) is 0 Å². The van der Waals surface area contributed by atoms with Crippen molar-refractivity contribution in [3.05, 3.63) is 16.3 Å². The van der Waals surface area contributed by atoms with Gasteiger partial charge in [-0.3, -0.25) is 4.79 Å². The van der Waals surface area contributed by atoms with Crippen LogP contribution in [0.15, 0.2) is 0 Å². The van der Waals surface area contributed by atoms with Crippen molar-refractivity contribution in [2.75, 3.05) is 31.1 Å². The molecule has 1 aliphatic carbocycles. The number of thiophene rings is 1. The lowest BCUT2D eigenvalue weighted by Crippen LogP contribution is -2.48. The van der Waals surface area contributed by atoms with E-state index in [1.165, 1.54) is 28.7 Å². The fourth-order valence-electron chi connectivity index (χ4n) is 4.56. The Hall–Kier alpha value is -1.69. The number of hydrogen-bond acceptors (Lipinski definition) is 5. The molecule has 1 atom stereocenters. The summed E-state index contributed by atoms with van der Waals surface area (Å²) in [5, 5.41) is 1.29. The number of rotatable bonds is 2. The summed E-state index contributed by atoms with van der Waals surface area (Å²) >= 11 is 1.89. The fourth-order valence-corrected chi connectivity index (χ4v) is 5.87. The van der Waals surface area contributed by atoms with Crippen LogP contribution in [0.1, 0.15) is 57.3 Å². The predicted octanol–water partition coefficient (Wildman–Crippen LogP) is 4.07. The standard InChI is InChI=1S/C22H32N4OS/c1-6-18-23-20(26-11-9-25(10-12-26)14(2)27)19-16-8-7-15(22(3,4)5)13-17(16)28-21(19)24-18/h15H,6-13H2,1-5H3/t15-/m0/s1. The minimum atomic E-state index is 0.169. The Bertz CT molecular complexity index is 890. The van der Waals surface area contributed by atoms with Gasteiger partial charge in [-0.2, -0.15) is 0 Å². The Labute approximate surface area is 172 Å². The molecular formula is C22H32N4OS. The first-order valence-corrected chi connectivity index (χ1v) is 11.4. The van der Waals surface area contributed by atoms with E-state index in [4.69, 9.17) is 9.97 Å². The molecule has 2 aliphatic rings. The molecule has 28 heavy (non-hydrogen) atoms. The van der Waals surface area contributed by atoms with E-state index < -0.39 is 0 Å². The molecule has 1 aliphatic heterocycles. The predicted molar refractivity (Wildman–Crippen MR) is 116 cm³/mol. The maximum atomic E-state index is 11.7. The summed E-state index contributed by atoms with van der Waals surface area (Å²) in [5.41, 5.74) is 1.84. The zero-order valence-electron chi connectivity index (χ0n) is 17.8. The molecule has 0 unspecified atom stereocenters. The molecule has 6 heteroatoms. The average Bonchev–Trinajstić information content (AvgIpc) is 3.04. The number of aryl methyl sites for hydroxylation is 2. The summed E-state index contributed by atoms with van der Waals surface area (Å²) in [6, 6.07) is 0. The van der Waals surface area contributed by atoms with Crippen molar-refractivity contribution in [2.24, 2.45) is 11.3 Å². The Kier molecular flexibility index (Phi) is 5.10. The van der Waals surface area contributed by atoms with Crippen molar-refractivity contribution in [2.45, 2.75) is 60.3 Å². The smallest absolute Gasteiger partial charge is 0.219 e. The molecule has 0 saturated carbocycles. The lowest BCUT2D eigenvalue weighted by Gasteiger charge is -2.36. The quantitative estimate of drug-likeness (QED) is 0.762. The van der Waals surface area contributed by atoms with Crippen LogP contribution in [-0.4, -0.2) is 47.0 Å². The highest BCUT2D eigenvalue weighted by molar-refractivity contribution is 7.19. The van der Waals surface area contributed by atoms with Crippen LogP contribution in [0, 0.1) is 11.3 Å². The Morgan fingerprint density at radius 1 is 1.18 bits per heavy atom. The number of hydrogen-bond donors (Lipinski definition) is 0. The second-order valence-electron chi connectivity index (χ2n) is 9.30. The van der Waals surface area contributed by atoms with Crippen molar-refractivity contribution in [1.82, 2.24) is 14.9 Å². The summed E-state index contributed by atoms with van der Waals surface area (Å²) < 4.78 is 0. The first-order chi connectivity index (χ1) is 13.3. The second kappa shape index (κ2) is 7.29. The maximum Gasteiger partial charge on any atom is 0.219 e. The van der Waals surface area contributed by atoms with Crippen molar-refractivity contribution < 1.29 is 4.79 Å². The highest BCUT2D eigenvalue weighted by atomic mass is 32.1. The number of carbonyl (C=O) groups excluding carboxylic acids is 1. The van der Waals surface area contributed by atoms with Gasteiger partial charge in [0, 0.05) is 44.4 Å². The number of anilines is 1. The van der Waals surface area contributed by atoms with E-state index in [9.17, 15) is 4.79 Å². The third-order valence-corrected chi connectivity index (χ3v) is 7.65. The zero-order chi connectivity index (χ0) is 20.1. The first-order valence-electron chi connectivity index (χ1n) is 10.6. The normalized spacial score (nSPS) is 20.5. The molecule has 0 spiro atoms. The van der Waals surface area contributed by atoms with Crippen LogP contribution >= 0.6 is 11.3 Å². The van der Waals surface area contributed by atoms with E-state index in [0.29, 0.717) is 5.41 Å². The van der Waals surface area contributed by atoms with Gasteiger partial charge in [0.1, 0.15) is 16.5 Å². The van der Waals surface area contributed by atoms with E-state index in [2.05, 4.69) is 32.6 Å². The largest absolute Gasteiger partial charge is 0.352 e. The fraction of sp³-hybridized carbons (Fsp3) is 0.682. The zero-order valence-corrected chi connectivity index (χ0v) is 18.7. The van der Waals surface area contributed by atoms with Crippen LogP contribution < -0.4 is 4.90 Å². The lowest BCUT2D eigenvalue weighted by atomic mass is 9.72. The second-order valence-corrected chi connectivity index (χ2v) is 10.4. The average molecular weight is 401 g/mol.